The fourth-order valence-electron chi connectivity index (χ4n) is 2.46. The number of aromatic nitrogens is 1. The van der Waals surface area contributed by atoms with Crippen molar-refractivity contribution in [1.29, 1.82) is 0 Å². The molecule has 7 nitrogen and oxygen atoms in total. The van der Waals surface area contributed by atoms with E-state index in [1.807, 2.05) is 0 Å². The first-order valence-corrected chi connectivity index (χ1v) is 11.7. The van der Waals surface area contributed by atoms with Crippen LogP contribution in [0.3, 0.4) is 0 Å². The topological polar surface area (TPSA) is 102 Å². The van der Waals surface area contributed by atoms with Crippen molar-refractivity contribution in [2.75, 3.05) is 6.26 Å². The third kappa shape index (κ3) is 5.37. The Kier molecular flexibility index (Phi) is 5.96. The van der Waals surface area contributed by atoms with Gasteiger partial charge in [0.1, 0.15) is 16.5 Å². The minimum atomic E-state index is -4.07. The molecule has 0 atom stereocenters. The number of halogens is 1. The highest BCUT2D eigenvalue weighted by atomic mass is 32.2. The molecule has 0 spiro atoms. The summed E-state index contributed by atoms with van der Waals surface area (Å²) in [7, 11) is -7.78. The minimum Gasteiger partial charge on any atom is -0.439 e. The third-order valence-corrected chi connectivity index (χ3v) is 6.56. The molecule has 0 radical (unpaired) electrons. The monoisotopic (exact) mass is 436 g/mol. The van der Waals surface area contributed by atoms with Gasteiger partial charge in [0.2, 0.25) is 15.9 Å². The summed E-state index contributed by atoms with van der Waals surface area (Å²) in [6.45, 7) is -0.103. The van der Waals surface area contributed by atoms with Crippen molar-refractivity contribution in [2.24, 2.45) is 0 Å². The number of benzene rings is 2. The molecule has 0 saturated carbocycles. The first-order chi connectivity index (χ1) is 13.6. The van der Waals surface area contributed by atoms with E-state index in [4.69, 9.17) is 4.74 Å². The highest BCUT2D eigenvalue weighted by Gasteiger charge is 2.23. The second-order valence-electron chi connectivity index (χ2n) is 6.11. The van der Waals surface area contributed by atoms with E-state index in [1.165, 1.54) is 54.7 Å². The normalized spacial score (nSPS) is 11.9. The van der Waals surface area contributed by atoms with Gasteiger partial charge < -0.3 is 4.74 Å². The lowest BCUT2D eigenvalue weighted by Crippen LogP contribution is -2.25. The molecular weight excluding hydrogens is 419 g/mol. The largest absolute Gasteiger partial charge is 0.439 e. The molecule has 0 bridgehead atoms. The number of rotatable bonds is 7. The Bertz CT molecular complexity index is 1230. The number of sulfonamides is 1. The second-order valence-corrected chi connectivity index (χ2v) is 9.83. The number of nitrogens with one attached hydrogen (secondary N) is 1. The van der Waals surface area contributed by atoms with Crippen LogP contribution in [0.1, 0.15) is 5.56 Å². The van der Waals surface area contributed by atoms with Gasteiger partial charge in [-0.3, -0.25) is 0 Å². The maximum atomic E-state index is 13.2. The Hall–Kier alpha value is -2.82. The van der Waals surface area contributed by atoms with Crippen LogP contribution < -0.4 is 9.46 Å². The molecule has 1 N–H and O–H groups in total. The van der Waals surface area contributed by atoms with Crippen molar-refractivity contribution in [1.82, 2.24) is 9.71 Å². The van der Waals surface area contributed by atoms with E-state index in [9.17, 15) is 21.2 Å². The molecule has 3 rings (SSSR count). The van der Waals surface area contributed by atoms with Crippen molar-refractivity contribution in [3.63, 3.8) is 0 Å². The van der Waals surface area contributed by atoms with Gasteiger partial charge >= 0.3 is 0 Å². The zero-order valence-electron chi connectivity index (χ0n) is 15.2. The molecule has 10 heteroatoms. The fraction of sp³-hybridized carbons (Fsp3) is 0.105. The molecule has 0 fully saturated rings. The molecule has 3 aromatic rings. The highest BCUT2D eigenvalue weighted by molar-refractivity contribution is 7.93. The maximum Gasteiger partial charge on any atom is 0.242 e. The average molecular weight is 436 g/mol. The van der Waals surface area contributed by atoms with E-state index in [0.717, 1.165) is 6.26 Å². The lowest BCUT2D eigenvalue weighted by molar-refractivity contribution is 0.457. The van der Waals surface area contributed by atoms with Gasteiger partial charge in [-0.05, 0) is 29.8 Å². The third-order valence-electron chi connectivity index (χ3n) is 3.82. The van der Waals surface area contributed by atoms with Gasteiger partial charge in [0.25, 0.3) is 0 Å². The van der Waals surface area contributed by atoms with Gasteiger partial charge in [0.05, 0.1) is 4.90 Å². The van der Waals surface area contributed by atoms with Crippen molar-refractivity contribution in [2.45, 2.75) is 16.3 Å². The van der Waals surface area contributed by atoms with Gasteiger partial charge in [0, 0.05) is 31.1 Å². The second kappa shape index (κ2) is 8.27. The standard InChI is InChI=1S/C19H17FN2O5S2/c1-28(23,24)17-7-2-3-8-18(17)29(25,26)22-13-14-9-10-19(21-12-14)27-16-6-4-5-15(20)11-16/h2-12,22H,13H2,1H3. The quantitative estimate of drug-likeness (QED) is 0.611. The SMILES string of the molecule is CS(=O)(=O)c1ccccc1S(=O)(=O)NCc1ccc(Oc2cccc(F)c2)nc1. The number of pyridine rings is 1. The molecule has 0 saturated heterocycles. The number of nitrogens with zero attached hydrogens (tertiary/aromatic N) is 1. The molecule has 1 aromatic heterocycles. The Morgan fingerprint density at radius 2 is 1.69 bits per heavy atom. The van der Waals surface area contributed by atoms with E-state index in [-0.39, 0.29) is 28.0 Å². The van der Waals surface area contributed by atoms with Crippen molar-refractivity contribution >= 4 is 19.9 Å². The summed E-state index contributed by atoms with van der Waals surface area (Å²) in [4.78, 5) is 3.47. The van der Waals surface area contributed by atoms with Crippen LogP contribution in [-0.2, 0) is 26.4 Å². The van der Waals surface area contributed by atoms with Crippen LogP contribution >= 0.6 is 0 Å². The first-order valence-electron chi connectivity index (χ1n) is 8.32. The predicted molar refractivity (Wildman–Crippen MR) is 104 cm³/mol. The van der Waals surface area contributed by atoms with Gasteiger partial charge in [-0.2, -0.15) is 0 Å². The molecule has 0 aliphatic carbocycles. The van der Waals surface area contributed by atoms with Gasteiger partial charge in [0.15, 0.2) is 9.84 Å². The van der Waals surface area contributed by atoms with Gasteiger partial charge in [-0.25, -0.2) is 30.9 Å². The zero-order valence-corrected chi connectivity index (χ0v) is 16.9. The summed E-state index contributed by atoms with van der Waals surface area (Å²) < 4.78 is 69.8. The zero-order chi connectivity index (χ0) is 21.1. The summed E-state index contributed by atoms with van der Waals surface area (Å²) >= 11 is 0. The Labute approximate surface area is 168 Å². The van der Waals surface area contributed by atoms with Crippen molar-refractivity contribution < 1.29 is 26.0 Å². The molecular formula is C19H17FN2O5S2. The lowest BCUT2D eigenvalue weighted by Gasteiger charge is -2.11. The van der Waals surface area contributed by atoms with Crippen LogP contribution in [0.5, 0.6) is 11.6 Å². The Morgan fingerprint density at radius 3 is 2.31 bits per heavy atom. The summed E-state index contributed by atoms with van der Waals surface area (Å²) in [5, 5.41) is 0. The Morgan fingerprint density at radius 1 is 0.966 bits per heavy atom. The van der Waals surface area contributed by atoms with Crippen LogP contribution in [0.25, 0.3) is 0 Å². The molecule has 0 amide bonds. The number of ether oxygens (including phenoxy) is 1. The fourth-order valence-corrected chi connectivity index (χ4v) is 5.11. The van der Waals surface area contributed by atoms with E-state index in [2.05, 4.69) is 9.71 Å². The van der Waals surface area contributed by atoms with Crippen LogP contribution in [0.15, 0.2) is 76.7 Å². The number of hydrogen-bond donors (Lipinski definition) is 1. The molecule has 2 aromatic carbocycles. The molecule has 0 unspecified atom stereocenters. The Balaban J connectivity index is 1.72. The molecule has 0 aliphatic heterocycles. The molecule has 0 aliphatic rings. The predicted octanol–water partition coefficient (Wildman–Crippen LogP) is 2.90. The van der Waals surface area contributed by atoms with Crippen LogP contribution in [0.4, 0.5) is 4.39 Å². The number of sulfone groups is 1. The summed E-state index contributed by atoms with van der Waals surface area (Å²) in [6.07, 6.45) is 2.35. The van der Waals surface area contributed by atoms with E-state index in [1.54, 1.807) is 12.1 Å². The minimum absolute atomic E-state index is 0.103. The van der Waals surface area contributed by atoms with Gasteiger partial charge in [-0.15, -0.1) is 0 Å². The number of hydrogen-bond acceptors (Lipinski definition) is 6. The van der Waals surface area contributed by atoms with Crippen molar-refractivity contribution in [3.05, 3.63) is 78.2 Å². The van der Waals surface area contributed by atoms with Crippen molar-refractivity contribution in [3.8, 4) is 11.6 Å². The van der Waals surface area contributed by atoms with E-state index in [0.29, 0.717) is 5.56 Å². The van der Waals surface area contributed by atoms with Crippen LogP contribution in [-0.4, -0.2) is 28.1 Å². The van der Waals surface area contributed by atoms with Gasteiger partial charge in [-0.1, -0.05) is 24.3 Å². The van der Waals surface area contributed by atoms with Crippen LogP contribution in [0.2, 0.25) is 0 Å². The molecule has 152 valence electrons. The summed E-state index contributed by atoms with van der Waals surface area (Å²) in [6, 6.07) is 14.1. The van der Waals surface area contributed by atoms with Crippen LogP contribution in [0, 0.1) is 5.82 Å². The highest BCUT2D eigenvalue weighted by Crippen LogP contribution is 2.22. The maximum absolute atomic E-state index is 13.2. The molecule has 29 heavy (non-hydrogen) atoms. The molecule has 1 heterocycles. The summed E-state index contributed by atoms with van der Waals surface area (Å²) in [5.41, 5.74) is 0.525. The first kappa shape index (κ1) is 20.9. The van der Waals surface area contributed by atoms with E-state index >= 15 is 0 Å². The average Bonchev–Trinajstić information content (AvgIpc) is 2.67. The van der Waals surface area contributed by atoms with E-state index < -0.39 is 25.7 Å². The lowest BCUT2D eigenvalue weighted by atomic mass is 10.3. The smallest absolute Gasteiger partial charge is 0.242 e. The summed E-state index contributed by atoms with van der Waals surface area (Å²) in [5.74, 6) is 0.0517.